The Kier molecular flexibility index (Phi) is 2.06. The quantitative estimate of drug-likeness (QED) is 0.682. The van der Waals surface area contributed by atoms with E-state index < -0.39 is 0 Å². The highest BCUT2D eigenvalue weighted by Crippen LogP contribution is 2.12. The molecular formula is C7H9NOS. The van der Waals surface area contributed by atoms with Gasteiger partial charge in [0.15, 0.2) is 0 Å². The molecule has 0 aromatic carbocycles. The lowest BCUT2D eigenvalue weighted by atomic mass is 10.2. The minimum Gasteiger partial charge on any atom is -0.369 e. The zero-order chi connectivity index (χ0) is 7.56. The molecule has 1 aromatic rings. The maximum Gasteiger partial charge on any atom is 0.221 e. The van der Waals surface area contributed by atoms with Gasteiger partial charge in [-0.05, 0) is 23.9 Å². The number of carbonyl (C=O) groups is 1. The summed E-state index contributed by atoms with van der Waals surface area (Å²) in [6, 6.07) is 1.98. The maximum atomic E-state index is 10.4. The topological polar surface area (TPSA) is 43.1 Å². The Morgan fingerprint density at radius 1 is 1.80 bits per heavy atom. The van der Waals surface area contributed by atoms with Crippen LogP contribution in [0.1, 0.15) is 10.4 Å². The highest BCUT2D eigenvalue weighted by Gasteiger charge is 1.98. The fraction of sp³-hybridized carbons (Fsp3) is 0.286. The van der Waals surface area contributed by atoms with E-state index >= 15 is 0 Å². The fourth-order valence-corrected chi connectivity index (χ4v) is 1.50. The number of nitrogens with two attached hydrogens (primary N) is 1. The standard InChI is InChI=1S/C7H9NOS/c1-5-2-6(4-10-5)3-7(8)9/h2,4H,3H2,1H3,(H2,8,9). The van der Waals surface area contributed by atoms with Crippen LogP contribution in [-0.4, -0.2) is 5.91 Å². The van der Waals surface area contributed by atoms with Crippen molar-refractivity contribution < 1.29 is 4.79 Å². The molecule has 0 saturated carbocycles. The summed E-state index contributed by atoms with van der Waals surface area (Å²) in [4.78, 5) is 11.6. The molecule has 2 N–H and O–H groups in total. The highest BCUT2D eigenvalue weighted by atomic mass is 32.1. The molecule has 10 heavy (non-hydrogen) atoms. The van der Waals surface area contributed by atoms with Crippen molar-refractivity contribution in [1.82, 2.24) is 0 Å². The molecule has 0 saturated heterocycles. The first-order chi connectivity index (χ1) is 4.68. The minimum atomic E-state index is -0.266. The van der Waals surface area contributed by atoms with Gasteiger partial charge in [0.1, 0.15) is 0 Å². The molecule has 0 spiro atoms. The number of carbonyl (C=O) groups excluding carboxylic acids is 1. The summed E-state index contributed by atoms with van der Waals surface area (Å²) in [6.07, 6.45) is 0.365. The maximum absolute atomic E-state index is 10.4. The van der Waals surface area contributed by atoms with Gasteiger partial charge in [0.05, 0.1) is 6.42 Å². The number of hydrogen-bond acceptors (Lipinski definition) is 2. The minimum absolute atomic E-state index is 0.266. The smallest absolute Gasteiger partial charge is 0.221 e. The Morgan fingerprint density at radius 3 is 2.90 bits per heavy atom. The average Bonchev–Trinajstić information content (AvgIpc) is 2.13. The summed E-state index contributed by atoms with van der Waals surface area (Å²) in [6.45, 7) is 2.01. The molecular weight excluding hydrogens is 146 g/mol. The Hall–Kier alpha value is -0.830. The van der Waals surface area contributed by atoms with Crippen LogP contribution in [0, 0.1) is 6.92 Å². The third-order valence-electron chi connectivity index (χ3n) is 1.16. The van der Waals surface area contributed by atoms with Gasteiger partial charge in [-0.25, -0.2) is 0 Å². The van der Waals surface area contributed by atoms with Crippen molar-refractivity contribution in [2.24, 2.45) is 5.73 Å². The second-order valence-electron chi connectivity index (χ2n) is 2.21. The number of primary amides is 1. The lowest BCUT2D eigenvalue weighted by Gasteiger charge is -1.87. The second-order valence-corrected chi connectivity index (χ2v) is 3.32. The predicted octanol–water partition coefficient (Wildman–Crippen LogP) is 1.08. The van der Waals surface area contributed by atoms with Crippen molar-refractivity contribution in [3.63, 3.8) is 0 Å². The average molecular weight is 155 g/mol. The van der Waals surface area contributed by atoms with Crippen LogP contribution < -0.4 is 5.73 Å². The molecule has 0 radical (unpaired) electrons. The first-order valence-corrected chi connectivity index (χ1v) is 3.89. The van der Waals surface area contributed by atoms with E-state index in [0.29, 0.717) is 6.42 Å². The van der Waals surface area contributed by atoms with Gasteiger partial charge < -0.3 is 5.73 Å². The van der Waals surface area contributed by atoms with Gasteiger partial charge >= 0.3 is 0 Å². The van der Waals surface area contributed by atoms with Gasteiger partial charge in [-0.1, -0.05) is 0 Å². The van der Waals surface area contributed by atoms with Crippen LogP contribution in [-0.2, 0) is 11.2 Å². The third-order valence-corrected chi connectivity index (χ3v) is 2.07. The van der Waals surface area contributed by atoms with Crippen LogP contribution in [0.3, 0.4) is 0 Å². The van der Waals surface area contributed by atoms with Crippen molar-refractivity contribution in [2.75, 3.05) is 0 Å². The lowest BCUT2D eigenvalue weighted by Crippen LogP contribution is -2.12. The van der Waals surface area contributed by atoms with Crippen LogP contribution in [0.2, 0.25) is 0 Å². The van der Waals surface area contributed by atoms with Crippen molar-refractivity contribution in [2.45, 2.75) is 13.3 Å². The summed E-state index contributed by atoms with van der Waals surface area (Å²) in [7, 11) is 0. The van der Waals surface area contributed by atoms with E-state index in [9.17, 15) is 4.79 Å². The molecule has 2 nitrogen and oxygen atoms in total. The highest BCUT2D eigenvalue weighted by molar-refractivity contribution is 7.10. The normalized spacial score (nSPS) is 9.70. The molecule has 1 amide bonds. The summed E-state index contributed by atoms with van der Waals surface area (Å²) in [5.74, 6) is -0.266. The third kappa shape index (κ3) is 1.84. The second kappa shape index (κ2) is 2.84. The first kappa shape index (κ1) is 7.28. The monoisotopic (exact) mass is 155 g/mol. The van der Waals surface area contributed by atoms with Gasteiger partial charge in [-0.15, -0.1) is 11.3 Å². The molecule has 0 aliphatic rings. The zero-order valence-corrected chi connectivity index (χ0v) is 6.57. The number of aryl methyl sites for hydroxylation is 1. The lowest BCUT2D eigenvalue weighted by molar-refractivity contribution is -0.117. The van der Waals surface area contributed by atoms with Gasteiger partial charge in [0.25, 0.3) is 0 Å². The van der Waals surface area contributed by atoms with Crippen LogP contribution in [0.4, 0.5) is 0 Å². The van der Waals surface area contributed by atoms with Gasteiger partial charge in [0, 0.05) is 4.88 Å². The van der Waals surface area contributed by atoms with E-state index in [4.69, 9.17) is 5.73 Å². The Morgan fingerprint density at radius 2 is 2.50 bits per heavy atom. The van der Waals surface area contributed by atoms with Crippen molar-refractivity contribution in [3.05, 3.63) is 21.9 Å². The molecule has 0 atom stereocenters. The molecule has 0 fully saturated rings. The predicted molar refractivity (Wildman–Crippen MR) is 42.0 cm³/mol. The summed E-state index contributed by atoms with van der Waals surface area (Å²) in [5, 5.41) is 1.96. The molecule has 0 aliphatic carbocycles. The van der Waals surface area contributed by atoms with Crippen LogP contribution in [0.15, 0.2) is 11.4 Å². The molecule has 0 unspecified atom stereocenters. The SMILES string of the molecule is Cc1cc(CC(N)=O)cs1. The van der Waals surface area contributed by atoms with Crippen LogP contribution >= 0.6 is 11.3 Å². The first-order valence-electron chi connectivity index (χ1n) is 3.01. The largest absolute Gasteiger partial charge is 0.369 e. The van der Waals surface area contributed by atoms with Gasteiger partial charge in [0.2, 0.25) is 5.91 Å². The van der Waals surface area contributed by atoms with Crippen LogP contribution in [0.25, 0.3) is 0 Å². The molecule has 3 heteroatoms. The summed E-state index contributed by atoms with van der Waals surface area (Å²) >= 11 is 1.64. The molecule has 0 bridgehead atoms. The molecule has 0 aliphatic heterocycles. The number of thiophene rings is 1. The van der Waals surface area contributed by atoms with E-state index in [1.807, 2.05) is 18.4 Å². The van der Waals surface area contributed by atoms with E-state index in [2.05, 4.69) is 0 Å². The molecule has 1 heterocycles. The zero-order valence-electron chi connectivity index (χ0n) is 5.76. The van der Waals surface area contributed by atoms with Gasteiger partial charge in [-0.2, -0.15) is 0 Å². The van der Waals surface area contributed by atoms with E-state index in [1.54, 1.807) is 11.3 Å². The van der Waals surface area contributed by atoms with Crippen molar-refractivity contribution in [3.8, 4) is 0 Å². The Balaban J connectivity index is 2.67. The molecule has 1 rings (SSSR count). The van der Waals surface area contributed by atoms with E-state index in [0.717, 1.165) is 5.56 Å². The Labute approximate surface area is 63.7 Å². The number of hydrogen-bond donors (Lipinski definition) is 1. The van der Waals surface area contributed by atoms with E-state index in [-0.39, 0.29) is 5.91 Å². The van der Waals surface area contributed by atoms with Crippen molar-refractivity contribution in [1.29, 1.82) is 0 Å². The molecule has 54 valence electrons. The van der Waals surface area contributed by atoms with E-state index in [1.165, 1.54) is 4.88 Å². The summed E-state index contributed by atoms with van der Waals surface area (Å²) < 4.78 is 0. The Bertz CT molecular complexity index is 242. The van der Waals surface area contributed by atoms with Gasteiger partial charge in [-0.3, -0.25) is 4.79 Å². The number of rotatable bonds is 2. The van der Waals surface area contributed by atoms with Crippen LogP contribution in [0.5, 0.6) is 0 Å². The summed E-state index contributed by atoms with van der Waals surface area (Å²) in [5.41, 5.74) is 6.02. The number of amides is 1. The fourth-order valence-electron chi connectivity index (χ4n) is 0.792. The van der Waals surface area contributed by atoms with Crippen molar-refractivity contribution >= 4 is 17.2 Å². The molecule has 1 aromatic heterocycles.